The van der Waals surface area contributed by atoms with Gasteiger partial charge < -0.3 is 10.6 Å². The van der Waals surface area contributed by atoms with Crippen LogP contribution in [0.25, 0.3) is 0 Å². The average molecular weight is 294 g/mol. The van der Waals surface area contributed by atoms with Gasteiger partial charge in [-0.25, -0.2) is 0 Å². The van der Waals surface area contributed by atoms with E-state index in [9.17, 15) is 0 Å². The van der Waals surface area contributed by atoms with Crippen LogP contribution in [0.5, 0.6) is 0 Å². The molecule has 3 atom stereocenters. The molecular formula is C16H31BN2S. The number of nitrogens with zero attached hydrogens (tertiary/aromatic N) is 1. The van der Waals surface area contributed by atoms with Crippen molar-refractivity contribution in [3.8, 4) is 0 Å². The van der Waals surface area contributed by atoms with Crippen molar-refractivity contribution in [2.75, 3.05) is 0 Å². The second kappa shape index (κ2) is 6.78. The third-order valence-corrected chi connectivity index (χ3v) is 5.62. The Morgan fingerprint density at radius 3 is 2.65 bits per heavy atom. The highest BCUT2D eigenvalue weighted by Crippen LogP contribution is 2.36. The molecule has 0 aromatic heterocycles. The van der Waals surface area contributed by atoms with Gasteiger partial charge in [0.05, 0.1) is 4.99 Å². The zero-order chi connectivity index (χ0) is 14.8. The van der Waals surface area contributed by atoms with Crippen molar-refractivity contribution in [2.45, 2.75) is 89.2 Å². The monoisotopic (exact) mass is 294 g/mol. The predicted molar refractivity (Wildman–Crippen MR) is 93.9 cm³/mol. The van der Waals surface area contributed by atoms with E-state index in [2.05, 4.69) is 26.6 Å². The standard InChI is InChI=1S/C16H31BN2S/c1-12(2)19-14-7-5-3-4-6-10-16(17,18)11-13(14)8-9-15(19)20/h12-14H,3-11,17-18H2,1-2H3. The van der Waals surface area contributed by atoms with Gasteiger partial charge >= 0.3 is 0 Å². The summed E-state index contributed by atoms with van der Waals surface area (Å²) in [5.41, 5.74) is 6.60. The summed E-state index contributed by atoms with van der Waals surface area (Å²) in [6, 6.07) is 1.17. The van der Waals surface area contributed by atoms with Crippen LogP contribution < -0.4 is 5.73 Å². The normalized spacial score (nSPS) is 36.8. The summed E-state index contributed by atoms with van der Waals surface area (Å²) in [6.07, 6.45) is 11.4. The van der Waals surface area contributed by atoms with E-state index in [0.717, 1.165) is 12.3 Å². The molecule has 1 saturated heterocycles. The number of hydrogen-bond acceptors (Lipinski definition) is 2. The Hall–Kier alpha value is -0.0851. The van der Waals surface area contributed by atoms with E-state index >= 15 is 0 Å². The van der Waals surface area contributed by atoms with Gasteiger partial charge in [0.15, 0.2) is 0 Å². The second-order valence-electron chi connectivity index (χ2n) is 7.57. The van der Waals surface area contributed by atoms with Gasteiger partial charge in [-0.1, -0.05) is 37.9 Å². The molecule has 4 heteroatoms. The Labute approximate surface area is 131 Å². The van der Waals surface area contributed by atoms with Crippen molar-refractivity contribution in [1.29, 1.82) is 0 Å². The minimum absolute atomic E-state index is 0.0157. The van der Waals surface area contributed by atoms with Crippen molar-refractivity contribution in [3.63, 3.8) is 0 Å². The fraction of sp³-hybridized carbons (Fsp3) is 0.938. The summed E-state index contributed by atoms with van der Waals surface area (Å²) in [4.78, 5) is 3.73. The molecule has 1 saturated carbocycles. The first-order valence-corrected chi connectivity index (χ1v) is 8.91. The minimum atomic E-state index is 0.0157. The number of piperidine rings is 1. The highest BCUT2D eigenvalue weighted by Gasteiger charge is 2.37. The van der Waals surface area contributed by atoms with E-state index in [0.29, 0.717) is 12.1 Å². The number of fused-ring (bicyclic) bond motifs is 1. The van der Waals surface area contributed by atoms with E-state index in [4.69, 9.17) is 18.0 Å². The summed E-state index contributed by atoms with van der Waals surface area (Å²) in [6.45, 7) is 4.57. The summed E-state index contributed by atoms with van der Waals surface area (Å²) >= 11 is 5.66. The lowest BCUT2D eigenvalue weighted by atomic mass is 9.65. The zero-order valence-electron chi connectivity index (χ0n) is 13.5. The first kappa shape index (κ1) is 16.3. The molecule has 1 aliphatic heterocycles. The van der Waals surface area contributed by atoms with Crippen LogP contribution in [0.4, 0.5) is 0 Å². The maximum absolute atomic E-state index is 6.58. The highest BCUT2D eigenvalue weighted by atomic mass is 32.1. The molecule has 3 unspecified atom stereocenters. The zero-order valence-corrected chi connectivity index (χ0v) is 14.3. The molecule has 0 amide bonds. The maximum atomic E-state index is 6.58. The number of hydrogen-bond donors (Lipinski definition) is 1. The molecule has 2 rings (SSSR count). The van der Waals surface area contributed by atoms with Gasteiger partial charge in [-0.05, 0) is 57.3 Å². The Kier molecular flexibility index (Phi) is 5.52. The Bertz CT molecular complexity index is 343. The fourth-order valence-electron chi connectivity index (χ4n) is 4.26. The Balaban J connectivity index is 2.18. The summed E-state index contributed by atoms with van der Waals surface area (Å²) in [7, 11) is 2.26. The topological polar surface area (TPSA) is 29.3 Å². The molecule has 20 heavy (non-hydrogen) atoms. The number of rotatable bonds is 1. The van der Waals surface area contributed by atoms with E-state index in [1.807, 2.05) is 0 Å². The molecule has 0 aromatic rings. The SMILES string of the molecule is BC1(N)CCCCCCC2C(CCC(=S)N2C(C)C)C1. The lowest BCUT2D eigenvalue weighted by Gasteiger charge is -2.48. The summed E-state index contributed by atoms with van der Waals surface area (Å²) in [5.74, 6) is 0.734. The van der Waals surface area contributed by atoms with E-state index in [1.165, 1.54) is 56.4 Å². The molecule has 1 heterocycles. The molecule has 114 valence electrons. The largest absolute Gasteiger partial charge is 0.360 e. The quantitative estimate of drug-likeness (QED) is 0.595. The van der Waals surface area contributed by atoms with Crippen molar-refractivity contribution in [3.05, 3.63) is 0 Å². The molecule has 0 aromatic carbocycles. The molecule has 0 radical (unpaired) electrons. The van der Waals surface area contributed by atoms with Crippen LogP contribution in [-0.2, 0) is 0 Å². The number of thiocarbonyl (C=S) groups is 1. The van der Waals surface area contributed by atoms with Crippen LogP contribution in [0.3, 0.4) is 0 Å². The van der Waals surface area contributed by atoms with Crippen LogP contribution >= 0.6 is 12.2 Å². The van der Waals surface area contributed by atoms with E-state index in [-0.39, 0.29) is 5.44 Å². The third kappa shape index (κ3) is 3.97. The van der Waals surface area contributed by atoms with Gasteiger partial charge in [0.2, 0.25) is 0 Å². The van der Waals surface area contributed by atoms with E-state index in [1.54, 1.807) is 0 Å². The molecule has 2 N–H and O–H groups in total. The van der Waals surface area contributed by atoms with Gasteiger partial charge in [0, 0.05) is 12.1 Å². The van der Waals surface area contributed by atoms with Crippen molar-refractivity contribution < 1.29 is 0 Å². The Morgan fingerprint density at radius 2 is 1.95 bits per heavy atom. The first-order chi connectivity index (χ1) is 9.41. The maximum Gasteiger partial charge on any atom is 0.127 e. The predicted octanol–water partition coefficient (Wildman–Crippen LogP) is 2.84. The van der Waals surface area contributed by atoms with Crippen molar-refractivity contribution >= 4 is 25.1 Å². The molecule has 0 bridgehead atoms. The third-order valence-electron chi connectivity index (χ3n) is 5.20. The van der Waals surface area contributed by atoms with Crippen LogP contribution in [0.2, 0.25) is 0 Å². The molecule has 1 aliphatic carbocycles. The van der Waals surface area contributed by atoms with Crippen molar-refractivity contribution in [2.24, 2.45) is 11.7 Å². The van der Waals surface area contributed by atoms with Crippen LogP contribution in [0.15, 0.2) is 0 Å². The first-order valence-electron chi connectivity index (χ1n) is 8.51. The molecule has 2 aliphatic rings. The summed E-state index contributed by atoms with van der Waals surface area (Å²) in [5, 5.41) is 0. The summed E-state index contributed by atoms with van der Waals surface area (Å²) < 4.78 is 0. The average Bonchev–Trinajstić information content (AvgIpc) is 2.35. The van der Waals surface area contributed by atoms with Gasteiger partial charge in [-0.3, -0.25) is 0 Å². The van der Waals surface area contributed by atoms with Crippen molar-refractivity contribution in [1.82, 2.24) is 4.90 Å². The van der Waals surface area contributed by atoms with Crippen LogP contribution in [0, 0.1) is 5.92 Å². The van der Waals surface area contributed by atoms with Gasteiger partial charge in [0.1, 0.15) is 7.85 Å². The highest BCUT2D eigenvalue weighted by molar-refractivity contribution is 7.80. The number of likely N-dealkylation sites (tertiary alicyclic amines) is 1. The fourth-order valence-corrected chi connectivity index (χ4v) is 4.73. The van der Waals surface area contributed by atoms with Crippen LogP contribution in [0.1, 0.15) is 71.6 Å². The second-order valence-corrected chi connectivity index (χ2v) is 8.04. The van der Waals surface area contributed by atoms with Gasteiger partial charge in [0.25, 0.3) is 0 Å². The van der Waals surface area contributed by atoms with Gasteiger partial charge in [-0.15, -0.1) is 0 Å². The van der Waals surface area contributed by atoms with Gasteiger partial charge in [-0.2, -0.15) is 0 Å². The minimum Gasteiger partial charge on any atom is -0.360 e. The molecular weight excluding hydrogens is 263 g/mol. The number of nitrogens with two attached hydrogens (primary N) is 1. The molecule has 2 fully saturated rings. The smallest absolute Gasteiger partial charge is 0.127 e. The molecule has 0 spiro atoms. The Morgan fingerprint density at radius 1 is 1.25 bits per heavy atom. The molecule has 2 nitrogen and oxygen atoms in total. The lowest BCUT2D eigenvalue weighted by Crippen LogP contribution is -2.54. The van der Waals surface area contributed by atoms with Crippen LogP contribution in [-0.4, -0.2) is 35.3 Å². The lowest BCUT2D eigenvalue weighted by molar-refractivity contribution is 0.129. The van der Waals surface area contributed by atoms with E-state index < -0.39 is 0 Å².